The number of para-hydroxylation sites is 1. The molecule has 0 spiro atoms. The smallest absolute Gasteiger partial charge is 0.228 e. The van der Waals surface area contributed by atoms with Crippen LogP contribution in [0.15, 0.2) is 30.3 Å². The van der Waals surface area contributed by atoms with Crippen LogP contribution in [0.2, 0.25) is 5.02 Å². The number of ether oxygens (including phenoxy) is 1. The summed E-state index contributed by atoms with van der Waals surface area (Å²) in [7, 11) is 0. The zero-order valence-electron chi connectivity index (χ0n) is 13.1. The summed E-state index contributed by atoms with van der Waals surface area (Å²) in [6.07, 6.45) is 2.08. The van der Waals surface area contributed by atoms with E-state index in [2.05, 4.69) is 10.2 Å². The summed E-state index contributed by atoms with van der Waals surface area (Å²) in [5.41, 5.74) is 1.77. The molecule has 1 amide bonds. The highest BCUT2D eigenvalue weighted by molar-refractivity contribution is 6.32. The Balaban J connectivity index is 1.50. The number of piperidine rings is 1. The summed E-state index contributed by atoms with van der Waals surface area (Å²) in [6, 6.07) is 9.39. The van der Waals surface area contributed by atoms with Crippen LogP contribution in [0.1, 0.15) is 24.2 Å². The number of carbonyl (C=O) groups excluding carboxylic acids is 1. The minimum Gasteiger partial charge on any atom is -0.489 e. The predicted molar refractivity (Wildman–Crippen MR) is 88.7 cm³/mol. The molecule has 5 nitrogen and oxygen atoms in total. The topological polar surface area (TPSA) is 58.2 Å². The van der Waals surface area contributed by atoms with Gasteiger partial charge in [-0.25, -0.2) is 0 Å². The molecule has 1 aliphatic rings. The molecule has 2 heterocycles. The van der Waals surface area contributed by atoms with E-state index < -0.39 is 0 Å². The normalized spacial score (nSPS) is 15.7. The fraction of sp³-hybridized carbons (Fsp3) is 0.412. The first-order chi connectivity index (χ1) is 11.1. The number of hydrogen-bond acceptors (Lipinski definition) is 3. The number of halogens is 1. The molecular formula is C17H20ClN3O2. The number of hydrogen-bond donors (Lipinski definition) is 1. The minimum absolute atomic E-state index is 0.103. The molecule has 0 aliphatic carbocycles. The highest BCUT2D eigenvalue weighted by Crippen LogP contribution is 2.26. The molecule has 0 atom stereocenters. The van der Waals surface area contributed by atoms with Crippen molar-refractivity contribution in [1.82, 2.24) is 15.1 Å². The van der Waals surface area contributed by atoms with Crippen molar-refractivity contribution in [2.75, 3.05) is 13.1 Å². The number of aromatic amines is 1. The van der Waals surface area contributed by atoms with Gasteiger partial charge in [0.25, 0.3) is 0 Å². The van der Waals surface area contributed by atoms with Crippen molar-refractivity contribution < 1.29 is 9.53 Å². The number of aromatic nitrogens is 2. The number of H-pyrrole nitrogens is 1. The number of amides is 1. The second-order valence-electron chi connectivity index (χ2n) is 5.85. The van der Waals surface area contributed by atoms with Crippen molar-refractivity contribution >= 4 is 17.5 Å². The van der Waals surface area contributed by atoms with Crippen molar-refractivity contribution in [3.63, 3.8) is 0 Å². The van der Waals surface area contributed by atoms with Gasteiger partial charge in [-0.1, -0.05) is 23.7 Å². The zero-order valence-corrected chi connectivity index (χ0v) is 13.8. The fourth-order valence-corrected chi connectivity index (χ4v) is 2.95. The van der Waals surface area contributed by atoms with Crippen LogP contribution < -0.4 is 4.74 Å². The first-order valence-corrected chi connectivity index (χ1v) is 8.19. The molecule has 122 valence electrons. The quantitative estimate of drug-likeness (QED) is 0.935. The van der Waals surface area contributed by atoms with Gasteiger partial charge in [0, 0.05) is 31.6 Å². The SMILES string of the molecule is Cc1cc(CC(=O)N2CCC(Oc3ccccc3Cl)CC2)n[nH]1. The Labute approximate surface area is 140 Å². The number of benzene rings is 1. The largest absolute Gasteiger partial charge is 0.489 e. The molecule has 0 saturated carbocycles. The lowest BCUT2D eigenvalue weighted by molar-refractivity contribution is -0.132. The summed E-state index contributed by atoms with van der Waals surface area (Å²) in [5.74, 6) is 0.832. The second-order valence-corrected chi connectivity index (χ2v) is 6.25. The highest BCUT2D eigenvalue weighted by atomic mass is 35.5. The number of aryl methyl sites for hydroxylation is 1. The van der Waals surface area contributed by atoms with Gasteiger partial charge in [-0.2, -0.15) is 5.10 Å². The third-order valence-electron chi connectivity index (χ3n) is 4.02. The zero-order chi connectivity index (χ0) is 16.2. The van der Waals surface area contributed by atoms with Crippen LogP contribution in [0.5, 0.6) is 5.75 Å². The van der Waals surface area contributed by atoms with Crippen LogP contribution >= 0.6 is 11.6 Å². The Morgan fingerprint density at radius 2 is 2.13 bits per heavy atom. The lowest BCUT2D eigenvalue weighted by atomic mass is 10.1. The molecule has 1 aromatic carbocycles. The third kappa shape index (κ3) is 4.05. The monoisotopic (exact) mass is 333 g/mol. The molecule has 0 radical (unpaired) electrons. The van der Waals surface area contributed by atoms with E-state index in [0.717, 1.165) is 24.2 Å². The molecule has 2 aromatic rings. The predicted octanol–water partition coefficient (Wildman–Crippen LogP) is 2.98. The minimum atomic E-state index is 0.103. The summed E-state index contributed by atoms with van der Waals surface area (Å²) >= 11 is 6.12. The van der Waals surface area contributed by atoms with Crippen LogP contribution in [0.25, 0.3) is 0 Å². The van der Waals surface area contributed by atoms with E-state index >= 15 is 0 Å². The van der Waals surface area contributed by atoms with E-state index in [-0.39, 0.29) is 12.0 Å². The van der Waals surface area contributed by atoms with Gasteiger partial charge in [-0.3, -0.25) is 9.89 Å². The first-order valence-electron chi connectivity index (χ1n) is 7.81. The summed E-state index contributed by atoms with van der Waals surface area (Å²) in [5, 5.41) is 7.61. The summed E-state index contributed by atoms with van der Waals surface area (Å²) in [6.45, 7) is 3.34. The number of nitrogens with zero attached hydrogens (tertiary/aromatic N) is 2. The van der Waals surface area contributed by atoms with Crippen molar-refractivity contribution in [2.24, 2.45) is 0 Å². The van der Waals surface area contributed by atoms with Gasteiger partial charge >= 0.3 is 0 Å². The average Bonchev–Trinajstić information content (AvgIpc) is 2.95. The average molecular weight is 334 g/mol. The van der Waals surface area contributed by atoms with Crippen molar-refractivity contribution in [3.8, 4) is 5.75 Å². The maximum Gasteiger partial charge on any atom is 0.228 e. The van der Waals surface area contributed by atoms with Crippen LogP contribution in [0.3, 0.4) is 0 Å². The van der Waals surface area contributed by atoms with Gasteiger partial charge in [-0.05, 0) is 25.1 Å². The molecule has 6 heteroatoms. The number of rotatable bonds is 4. The maximum atomic E-state index is 12.3. The van der Waals surface area contributed by atoms with E-state index in [1.165, 1.54) is 0 Å². The van der Waals surface area contributed by atoms with E-state index in [1.54, 1.807) is 0 Å². The third-order valence-corrected chi connectivity index (χ3v) is 4.33. The Bertz CT molecular complexity index is 678. The maximum absolute atomic E-state index is 12.3. The summed E-state index contributed by atoms with van der Waals surface area (Å²) in [4.78, 5) is 14.2. The molecule has 1 N–H and O–H groups in total. The molecule has 1 aliphatic heterocycles. The molecule has 23 heavy (non-hydrogen) atoms. The van der Waals surface area contributed by atoms with Crippen molar-refractivity contribution in [3.05, 3.63) is 46.7 Å². The molecular weight excluding hydrogens is 314 g/mol. The summed E-state index contributed by atoms with van der Waals surface area (Å²) < 4.78 is 5.95. The Kier molecular flexibility index (Phi) is 4.86. The van der Waals surface area contributed by atoms with Gasteiger partial charge in [0.1, 0.15) is 11.9 Å². The van der Waals surface area contributed by atoms with Crippen molar-refractivity contribution in [1.29, 1.82) is 0 Å². The highest BCUT2D eigenvalue weighted by Gasteiger charge is 2.24. The van der Waals surface area contributed by atoms with E-state index in [9.17, 15) is 4.79 Å². The van der Waals surface area contributed by atoms with E-state index in [4.69, 9.17) is 16.3 Å². The van der Waals surface area contributed by atoms with Gasteiger partial charge in [0.2, 0.25) is 5.91 Å². The Morgan fingerprint density at radius 1 is 1.39 bits per heavy atom. The van der Waals surface area contributed by atoms with Crippen LogP contribution in [-0.4, -0.2) is 40.2 Å². The van der Waals surface area contributed by atoms with E-state index in [1.807, 2.05) is 42.2 Å². The van der Waals surface area contributed by atoms with Crippen LogP contribution in [-0.2, 0) is 11.2 Å². The van der Waals surface area contributed by atoms with Gasteiger partial charge < -0.3 is 9.64 Å². The first kappa shape index (κ1) is 15.9. The molecule has 1 fully saturated rings. The van der Waals surface area contributed by atoms with Gasteiger partial charge in [-0.15, -0.1) is 0 Å². The Morgan fingerprint density at radius 3 is 2.78 bits per heavy atom. The lowest BCUT2D eigenvalue weighted by Crippen LogP contribution is -2.42. The van der Waals surface area contributed by atoms with Crippen LogP contribution in [0, 0.1) is 6.92 Å². The lowest BCUT2D eigenvalue weighted by Gasteiger charge is -2.32. The van der Waals surface area contributed by atoms with E-state index in [0.29, 0.717) is 30.3 Å². The fourth-order valence-electron chi connectivity index (χ4n) is 2.77. The van der Waals surface area contributed by atoms with Gasteiger partial charge in [0.15, 0.2) is 0 Å². The van der Waals surface area contributed by atoms with Gasteiger partial charge in [0.05, 0.1) is 17.1 Å². The molecule has 0 bridgehead atoms. The molecule has 3 rings (SSSR count). The second kappa shape index (κ2) is 7.04. The van der Waals surface area contributed by atoms with Crippen molar-refractivity contribution in [2.45, 2.75) is 32.3 Å². The van der Waals surface area contributed by atoms with Crippen LogP contribution in [0.4, 0.5) is 0 Å². The Hall–Kier alpha value is -2.01. The molecule has 0 unspecified atom stereocenters. The number of carbonyl (C=O) groups is 1. The molecule has 1 aromatic heterocycles. The standard InChI is InChI=1S/C17H20ClN3O2/c1-12-10-13(20-19-12)11-17(22)21-8-6-14(7-9-21)23-16-5-3-2-4-15(16)18/h2-5,10,14H,6-9,11H2,1H3,(H,19,20). The number of nitrogens with one attached hydrogen (secondary N) is 1. The molecule has 1 saturated heterocycles. The number of likely N-dealkylation sites (tertiary alicyclic amines) is 1.